The van der Waals surface area contributed by atoms with E-state index in [9.17, 15) is 9.59 Å². The fourth-order valence-electron chi connectivity index (χ4n) is 2.90. The molecule has 0 unspecified atom stereocenters. The molecule has 0 heterocycles. The number of allylic oxidation sites excluding steroid dienone is 1. The van der Waals surface area contributed by atoms with Crippen molar-refractivity contribution in [3.63, 3.8) is 0 Å². The first-order valence-electron chi connectivity index (χ1n) is 10.5. The van der Waals surface area contributed by atoms with Crippen LogP contribution in [0.2, 0.25) is 0 Å². The van der Waals surface area contributed by atoms with E-state index in [0.29, 0.717) is 29.4 Å². The van der Waals surface area contributed by atoms with Crippen molar-refractivity contribution in [3.05, 3.63) is 95.6 Å². The van der Waals surface area contributed by atoms with Crippen LogP contribution >= 0.6 is 0 Å². The van der Waals surface area contributed by atoms with Crippen LogP contribution < -0.4 is 14.2 Å². The Kier molecular flexibility index (Phi) is 8.24. The van der Waals surface area contributed by atoms with Gasteiger partial charge in [-0.3, -0.25) is 9.59 Å². The fourth-order valence-corrected chi connectivity index (χ4v) is 2.90. The number of ether oxygens (including phenoxy) is 3. The predicted octanol–water partition coefficient (Wildman–Crippen LogP) is 4.64. The molecule has 0 saturated heterocycles. The summed E-state index contributed by atoms with van der Waals surface area (Å²) < 4.78 is 16.8. The number of hydrogen-bond donors (Lipinski definition) is 0. The number of rotatable bonds is 10. The van der Waals surface area contributed by atoms with Crippen molar-refractivity contribution in [2.75, 3.05) is 27.8 Å². The lowest BCUT2D eigenvalue weighted by Crippen LogP contribution is -2.27. The number of carbonyl (C=O) groups excluding carboxylic acids is 2. The fraction of sp³-hybridized carbons (Fsp3) is 0.185. The molecule has 6 heteroatoms. The summed E-state index contributed by atoms with van der Waals surface area (Å²) in [5.41, 5.74) is 2.38. The summed E-state index contributed by atoms with van der Waals surface area (Å²) in [4.78, 5) is 25.6. The first kappa shape index (κ1) is 23.6. The number of carbonyl (C=O) groups is 2. The molecular formula is C27H27NO5. The monoisotopic (exact) mass is 445 g/mol. The van der Waals surface area contributed by atoms with Gasteiger partial charge in [-0.25, -0.2) is 0 Å². The summed E-state index contributed by atoms with van der Waals surface area (Å²) in [7, 11) is 4.93. The van der Waals surface area contributed by atoms with Crippen LogP contribution in [0.5, 0.6) is 17.2 Å². The van der Waals surface area contributed by atoms with E-state index in [0.717, 1.165) is 11.1 Å². The second-order valence-electron chi connectivity index (χ2n) is 7.48. The molecule has 170 valence electrons. The van der Waals surface area contributed by atoms with Crippen LogP contribution in [0.3, 0.4) is 0 Å². The minimum Gasteiger partial charge on any atom is -0.493 e. The van der Waals surface area contributed by atoms with Gasteiger partial charge in [-0.2, -0.15) is 0 Å². The smallest absolute Gasteiger partial charge is 0.259 e. The third kappa shape index (κ3) is 6.97. The quantitative estimate of drug-likeness (QED) is 0.336. The Morgan fingerprint density at radius 3 is 2.27 bits per heavy atom. The number of hydrogen-bond acceptors (Lipinski definition) is 5. The van der Waals surface area contributed by atoms with Crippen molar-refractivity contribution < 1.29 is 23.8 Å². The van der Waals surface area contributed by atoms with E-state index in [2.05, 4.69) is 0 Å². The van der Waals surface area contributed by atoms with Crippen LogP contribution in [0.25, 0.3) is 6.08 Å². The van der Waals surface area contributed by atoms with Crippen molar-refractivity contribution in [2.24, 2.45) is 0 Å². The maximum atomic E-state index is 12.6. The summed E-state index contributed by atoms with van der Waals surface area (Å²) in [5.74, 6) is 1.47. The second-order valence-corrected chi connectivity index (χ2v) is 7.48. The van der Waals surface area contributed by atoms with Gasteiger partial charge < -0.3 is 19.1 Å². The molecule has 0 atom stereocenters. The molecule has 3 rings (SSSR count). The summed E-state index contributed by atoms with van der Waals surface area (Å²) in [6.45, 7) is 0.365. The molecule has 0 bridgehead atoms. The molecule has 0 N–H and O–H groups in total. The van der Waals surface area contributed by atoms with E-state index in [-0.39, 0.29) is 18.3 Å². The second kappa shape index (κ2) is 11.5. The minimum atomic E-state index is -0.145. The summed E-state index contributed by atoms with van der Waals surface area (Å²) in [6, 6.07) is 22.1. The Morgan fingerprint density at radius 1 is 0.879 bits per heavy atom. The van der Waals surface area contributed by atoms with E-state index < -0.39 is 0 Å². The highest BCUT2D eigenvalue weighted by Crippen LogP contribution is 2.29. The van der Waals surface area contributed by atoms with Gasteiger partial charge in [-0.15, -0.1) is 0 Å². The number of benzene rings is 3. The van der Waals surface area contributed by atoms with Crippen LogP contribution in [0.1, 0.15) is 21.5 Å². The van der Waals surface area contributed by atoms with Gasteiger partial charge in [0.1, 0.15) is 12.4 Å². The lowest BCUT2D eigenvalue weighted by molar-refractivity contribution is -0.130. The molecule has 0 aliphatic heterocycles. The molecule has 0 aromatic heterocycles. The average molecular weight is 446 g/mol. The van der Waals surface area contributed by atoms with Crippen LogP contribution in [0.15, 0.2) is 78.9 Å². The van der Waals surface area contributed by atoms with Crippen molar-refractivity contribution in [1.82, 2.24) is 4.90 Å². The van der Waals surface area contributed by atoms with Crippen LogP contribution in [-0.2, 0) is 11.4 Å². The Morgan fingerprint density at radius 2 is 1.61 bits per heavy atom. The molecule has 0 saturated carbocycles. The molecule has 3 aromatic carbocycles. The van der Waals surface area contributed by atoms with Gasteiger partial charge in [0.25, 0.3) is 5.91 Å². The molecule has 6 nitrogen and oxygen atoms in total. The van der Waals surface area contributed by atoms with Gasteiger partial charge in [0.05, 0.1) is 7.11 Å². The highest BCUT2D eigenvalue weighted by molar-refractivity contribution is 6.06. The molecule has 33 heavy (non-hydrogen) atoms. The molecule has 0 fully saturated rings. The molecule has 0 radical (unpaired) electrons. The third-order valence-corrected chi connectivity index (χ3v) is 4.85. The van der Waals surface area contributed by atoms with Crippen LogP contribution in [0, 0.1) is 0 Å². The summed E-state index contributed by atoms with van der Waals surface area (Å²) >= 11 is 0. The highest BCUT2D eigenvalue weighted by Gasteiger charge is 2.08. The molecule has 0 spiro atoms. The maximum Gasteiger partial charge on any atom is 0.259 e. The van der Waals surface area contributed by atoms with E-state index >= 15 is 0 Å². The Hall–Kier alpha value is -4.06. The standard InChI is InChI=1S/C27H27NO5/c1-28(2)27(30)19-32-23-13-11-22(12-14-23)24(29)15-9-20-10-16-25(31-3)26(17-20)33-18-21-7-5-4-6-8-21/h4-17H,18-19H2,1-3H3/b15-9+. The Balaban J connectivity index is 1.63. The molecule has 3 aromatic rings. The largest absolute Gasteiger partial charge is 0.493 e. The van der Waals surface area contributed by atoms with Crippen molar-refractivity contribution >= 4 is 17.8 Å². The van der Waals surface area contributed by atoms with E-state index in [1.807, 2.05) is 48.5 Å². The van der Waals surface area contributed by atoms with Gasteiger partial charge in [0.15, 0.2) is 23.9 Å². The zero-order valence-electron chi connectivity index (χ0n) is 19.0. The number of nitrogens with zero attached hydrogens (tertiary/aromatic N) is 1. The molecule has 0 aliphatic carbocycles. The number of likely N-dealkylation sites (N-methyl/N-ethyl adjacent to an activating group) is 1. The van der Waals surface area contributed by atoms with E-state index in [4.69, 9.17) is 14.2 Å². The first-order chi connectivity index (χ1) is 16.0. The summed E-state index contributed by atoms with van der Waals surface area (Å²) in [6.07, 6.45) is 3.24. The van der Waals surface area contributed by atoms with E-state index in [1.54, 1.807) is 51.5 Å². The van der Waals surface area contributed by atoms with Crippen LogP contribution in [-0.4, -0.2) is 44.4 Å². The topological polar surface area (TPSA) is 65.1 Å². The summed E-state index contributed by atoms with van der Waals surface area (Å²) in [5, 5.41) is 0. The molecule has 0 aliphatic rings. The number of amides is 1. The first-order valence-corrected chi connectivity index (χ1v) is 10.5. The SMILES string of the molecule is COc1ccc(/C=C/C(=O)c2ccc(OCC(=O)N(C)C)cc2)cc1OCc1ccccc1. The van der Waals surface area contributed by atoms with Gasteiger partial charge in [-0.05, 0) is 53.6 Å². The van der Waals surface area contributed by atoms with Crippen molar-refractivity contribution in [1.29, 1.82) is 0 Å². The molecular weight excluding hydrogens is 418 g/mol. The van der Waals surface area contributed by atoms with Crippen molar-refractivity contribution in [3.8, 4) is 17.2 Å². The Bertz CT molecular complexity index is 1110. The maximum absolute atomic E-state index is 12.6. The van der Waals surface area contributed by atoms with Gasteiger partial charge >= 0.3 is 0 Å². The Labute approximate surface area is 194 Å². The lowest BCUT2D eigenvalue weighted by atomic mass is 10.1. The highest BCUT2D eigenvalue weighted by atomic mass is 16.5. The average Bonchev–Trinajstić information content (AvgIpc) is 2.85. The van der Waals surface area contributed by atoms with Crippen LogP contribution in [0.4, 0.5) is 0 Å². The number of ketones is 1. The van der Waals surface area contributed by atoms with Crippen molar-refractivity contribution in [2.45, 2.75) is 6.61 Å². The lowest BCUT2D eigenvalue weighted by Gasteiger charge is -2.11. The molecule has 1 amide bonds. The third-order valence-electron chi connectivity index (χ3n) is 4.85. The van der Waals surface area contributed by atoms with E-state index in [1.165, 1.54) is 11.0 Å². The van der Waals surface area contributed by atoms with Gasteiger partial charge in [0.2, 0.25) is 0 Å². The van der Waals surface area contributed by atoms with Gasteiger partial charge in [0, 0.05) is 19.7 Å². The number of methoxy groups -OCH3 is 1. The predicted molar refractivity (Wildman–Crippen MR) is 128 cm³/mol. The van der Waals surface area contributed by atoms with Gasteiger partial charge in [-0.1, -0.05) is 42.5 Å². The zero-order valence-corrected chi connectivity index (χ0v) is 19.0. The minimum absolute atomic E-state index is 0.0493. The zero-order chi connectivity index (χ0) is 23.6. The normalized spacial score (nSPS) is 10.6.